The number of nitrogens with zero attached hydrogens (tertiary/aromatic N) is 3. The van der Waals surface area contributed by atoms with Gasteiger partial charge in [0.05, 0.1) is 13.3 Å². The van der Waals surface area contributed by atoms with Crippen molar-refractivity contribution in [1.82, 2.24) is 9.97 Å². The Balaban J connectivity index is 2.21. The Labute approximate surface area is 237 Å². The predicted molar refractivity (Wildman–Crippen MR) is 162 cm³/mol. The molecule has 7 nitrogen and oxygen atoms in total. The molecule has 1 atom stereocenters. The van der Waals surface area contributed by atoms with Crippen molar-refractivity contribution in [3.8, 4) is 11.5 Å². The molecule has 0 spiro atoms. The summed E-state index contributed by atoms with van der Waals surface area (Å²) >= 11 is 6.26. The van der Waals surface area contributed by atoms with Gasteiger partial charge < -0.3 is 19.6 Å². The molecular formula is C31H39ClN4O3. The Kier molecular flexibility index (Phi) is 13.6. The van der Waals surface area contributed by atoms with E-state index in [4.69, 9.17) is 25.9 Å². The molecule has 2 aromatic rings. The summed E-state index contributed by atoms with van der Waals surface area (Å²) in [6.07, 6.45) is 10.8. The number of nitrogens with one attached hydrogen (secondary N) is 1. The molecule has 0 aliphatic carbocycles. The number of aryl methyl sites for hydroxylation is 2. The van der Waals surface area contributed by atoms with Crippen LogP contribution >= 0.6 is 11.6 Å². The number of anilines is 2. The van der Waals surface area contributed by atoms with Gasteiger partial charge in [-0.15, -0.1) is 6.58 Å². The Bertz CT molecular complexity index is 1260. The van der Waals surface area contributed by atoms with Gasteiger partial charge in [0.15, 0.2) is 11.5 Å². The van der Waals surface area contributed by atoms with Gasteiger partial charge in [-0.05, 0) is 82.0 Å². The van der Waals surface area contributed by atoms with Crippen LogP contribution in [0.1, 0.15) is 45.4 Å². The minimum atomic E-state index is 0.170. The second-order valence-corrected chi connectivity index (χ2v) is 9.08. The Hall–Kier alpha value is -3.84. The van der Waals surface area contributed by atoms with Gasteiger partial charge in [0.1, 0.15) is 24.5 Å². The van der Waals surface area contributed by atoms with Crippen LogP contribution in [0, 0.1) is 12.8 Å². The van der Waals surface area contributed by atoms with Crippen LogP contribution in [0.4, 0.5) is 11.5 Å². The smallest absolute Gasteiger partial charge is 0.163 e. The quantitative estimate of drug-likeness (QED) is 0.117. The highest BCUT2D eigenvalue weighted by Gasteiger charge is 2.09. The van der Waals surface area contributed by atoms with Crippen molar-refractivity contribution in [3.63, 3.8) is 0 Å². The molecular weight excluding hydrogens is 512 g/mol. The van der Waals surface area contributed by atoms with E-state index < -0.39 is 0 Å². The molecule has 0 aliphatic rings. The summed E-state index contributed by atoms with van der Waals surface area (Å²) in [6.45, 7) is 13.9. The maximum atomic E-state index is 6.26. The first-order valence-electron chi connectivity index (χ1n) is 12.9. The lowest BCUT2D eigenvalue weighted by Gasteiger charge is -2.13. The molecule has 1 aromatic heterocycles. The number of ether oxygens (including phenoxy) is 2. The van der Waals surface area contributed by atoms with E-state index in [0.29, 0.717) is 23.0 Å². The SMILES string of the molecule is C=CC(C/C=C\C)/C(C)=C(\C)O/N=C/COc1cc(C)ncnc(Nc2ccc(Cl)c(CC)c2)ccc1OC. The lowest BCUT2D eigenvalue weighted by molar-refractivity contribution is 0.221. The minimum absolute atomic E-state index is 0.170. The fourth-order valence-corrected chi connectivity index (χ4v) is 3.78. The fraction of sp³-hybridized carbons (Fsp3) is 0.323. The molecule has 0 saturated carbocycles. The van der Waals surface area contributed by atoms with Crippen LogP contribution in [-0.4, -0.2) is 29.9 Å². The number of hydrogen-bond acceptors (Lipinski definition) is 7. The molecule has 0 saturated heterocycles. The molecule has 1 aromatic carbocycles. The molecule has 8 heteroatoms. The molecule has 0 fully saturated rings. The number of aromatic nitrogens is 2. The zero-order chi connectivity index (χ0) is 28.6. The van der Waals surface area contributed by atoms with E-state index >= 15 is 0 Å². The number of rotatable bonds is 13. The van der Waals surface area contributed by atoms with Crippen LogP contribution in [0.3, 0.4) is 0 Å². The molecule has 1 unspecified atom stereocenters. The van der Waals surface area contributed by atoms with Crippen LogP contribution < -0.4 is 14.8 Å². The normalized spacial score (nSPS) is 12.5. The van der Waals surface area contributed by atoms with Gasteiger partial charge in [-0.2, -0.15) is 0 Å². The summed E-state index contributed by atoms with van der Waals surface area (Å²) in [5.74, 6) is 2.51. The van der Waals surface area contributed by atoms with E-state index in [1.165, 1.54) is 6.33 Å². The van der Waals surface area contributed by atoms with Crippen LogP contribution in [0.25, 0.3) is 0 Å². The second-order valence-electron chi connectivity index (χ2n) is 8.67. The maximum absolute atomic E-state index is 6.26. The number of halogens is 1. The lowest BCUT2D eigenvalue weighted by atomic mass is 9.96. The molecule has 208 valence electrons. The zero-order valence-electron chi connectivity index (χ0n) is 23.7. The highest BCUT2D eigenvalue weighted by Crippen LogP contribution is 2.27. The van der Waals surface area contributed by atoms with Crippen LogP contribution in [0.2, 0.25) is 5.02 Å². The van der Waals surface area contributed by atoms with Gasteiger partial charge in [0.2, 0.25) is 0 Å². The third kappa shape index (κ3) is 10.4. The molecule has 1 heterocycles. The van der Waals surface area contributed by atoms with E-state index in [2.05, 4.69) is 40.0 Å². The molecule has 1 N–H and O–H groups in total. The van der Waals surface area contributed by atoms with Gasteiger partial charge in [-0.1, -0.05) is 41.9 Å². The monoisotopic (exact) mass is 550 g/mol. The van der Waals surface area contributed by atoms with E-state index in [9.17, 15) is 0 Å². The van der Waals surface area contributed by atoms with Crippen molar-refractivity contribution in [2.24, 2.45) is 11.1 Å². The lowest BCUT2D eigenvalue weighted by Crippen LogP contribution is -2.02. The van der Waals surface area contributed by atoms with E-state index in [1.54, 1.807) is 31.5 Å². The number of oxime groups is 1. The fourth-order valence-electron chi connectivity index (χ4n) is 3.53. The second kappa shape index (κ2) is 16.9. The van der Waals surface area contributed by atoms with Gasteiger partial charge in [0, 0.05) is 28.4 Å². The average molecular weight is 551 g/mol. The van der Waals surface area contributed by atoms with Crippen molar-refractivity contribution in [3.05, 3.63) is 95.1 Å². The molecule has 0 amide bonds. The number of methoxy groups -OCH3 is 1. The zero-order valence-corrected chi connectivity index (χ0v) is 24.5. The van der Waals surface area contributed by atoms with E-state index in [1.807, 2.05) is 58.0 Å². The summed E-state index contributed by atoms with van der Waals surface area (Å²) < 4.78 is 11.6. The first-order valence-corrected chi connectivity index (χ1v) is 13.2. The molecule has 0 radical (unpaired) electrons. The maximum Gasteiger partial charge on any atom is 0.163 e. The molecule has 0 aliphatic heterocycles. The Morgan fingerprint density at radius 2 is 1.95 bits per heavy atom. The first-order chi connectivity index (χ1) is 18.8. The largest absolute Gasteiger partial charge is 0.493 e. The third-order valence-corrected chi connectivity index (χ3v) is 6.32. The third-order valence-electron chi connectivity index (χ3n) is 5.95. The minimum Gasteiger partial charge on any atom is -0.493 e. The predicted octanol–water partition coefficient (Wildman–Crippen LogP) is 8.32. The van der Waals surface area contributed by atoms with Gasteiger partial charge in [-0.25, -0.2) is 9.97 Å². The first kappa shape index (κ1) is 31.4. The molecule has 0 bridgehead atoms. The van der Waals surface area contributed by atoms with Crippen molar-refractivity contribution in [2.45, 2.75) is 47.5 Å². The summed E-state index contributed by atoms with van der Waals surface area (Å²) in [5, 5.41) is 8.10. The number of benzene rings is 1. The summed E-state index contributed by atoms with van der Waals surface area (Å²) in [4.78, 5) is 14.4. The standard InChI is InChI=1S/C31H39ClN4O3/c1-8-11-12-25(9-2)23(5)24(6)39-35-17-18-38-30-19-22(4)33-21-34-31(16-15-29(30)37-7)36-27-13-14-28(32)26(10-3)20-27/h8-9,11,13-17,19-21,25H,2,10,12,18H2,1,3-7H3,(H,33,34,36)/b11-8-,24-23+,35-17+. The number of hydrogen-bond donors (Lipinski definition) is 1. The van der Waals surface area contributed by atoms with Gasteiger partial charge >= 0.3 is 0 Å². The summed E-state index contributed by atoms with van der Waals surface area (Å²) in [6, 6.07) is 11.1. The topological polar surface area (TPSA) is 77.9 Å². The summed E-state index contributed by atoms with van der Waals surface area (Å²) in [5.41, 5.74) is 3.69. The van der Waals surface area contributed by atoms with Crippen LogP contribution in [0.5, 0.6) is 11.5 Å². The average Bonchev–Trinajstić information content (AvgIpc) is 2.93. The highest BCUT2D eigenvalue weighted by atomic mass is 35.5. The Morgan fingerprint density at radius 1 is 1.15 bits per heavy atom. The Morgan fingerprint density at radius 3 is 2.64 bits per heavy atom. The van der Waals surface area contributed by atoms with Gasteiger partial charge in [-0.3, -0.25) is 0 Å². The molecule has 2 rings (SSSR count). The van der Waals surface area contributed by atoms with Crippen molar-refractivity contribution >= 4 is 29.3 Å². The van der Waals surface area contributed by atoms with Crippen LogP contribution in [-0.2, 0) is 11.3 Å². The van der Waals surface area contributed by atoms with Crippen molar-refractivity contribution in [1.29, 1.82) is 0 Å². The van der Waals surface area contributed by atoms with E-state index in [-0.39, 0.29) is 12.5 Å². The van der Waals surface area contributed by atoms with Crippen molar-refractivity contribution < 1.29 is 14.3 Å². The van der Waals surface area contributed by atoms with Crippen LogP contribution in [0.15, 0.2) is 84.0 Å². The van der Waals surface area contributed by atoms with Crippen molar-refractivity contribution in [2.75, 3.05) is 19.0 Å². The molecule has 39 heavy (non-hydrogen) atoms. The summed E-state index contributed by atoms with van der Waals surface area (Å²) in [7, 11) is 1.58. The highest BCUT2D eigenvalue weighted by molar-refractivity contribution is 6.31. The van der Waals surface area contributed by atoms with E-state index in [0.717, 1.165) is 40.4 Å². The van der Waals surface area contributed by atoms with Gasteiger partial charge in [0.25, 0.3) is 0 Å². The number of allylic oxidation sites excluding steroid dienone is 5.